The number of carbonyl (C=O) groups is 1. The molecule has 1 aliphatic carbocycles. The van der Waals surface area contributed by atoms with Crippen LogP contribution in [0.2, 0.25) is 0 Å². The largest absolute Gasteiger partial charge is 0.478 e. The molecule has 5 nitrogen and oxygen atoms in total. The van der Waals surface area contributed by atoms with E-state index in [1.807, 2.05) is 30.3 Å². The van der Waals surface area contributed by atoms with E-state index in [4.69, 9.17) is 5.11 Å². The second-order valence-electron chi connectivity index (χ2n) is 6.73. The number of aliphatic carboxylic acids is 1. The van der Waals surface area contributed by atoms with Crippen LogP contribution in [0, 0.1) is 5.92 Å². The second-order valence-corrected chi connectivity index (χ2v) is 6.73. The van der Waals surface area contributed by atoms with E-state index in [1.165, 1.54) is 0 Å². The van der Waals surface area contributed by atoms with Crippen LogP contribution in [0.25, 0.3) is 6.08 Å². The number of hydrogen-bond donors (Lipinski definition) is 3. The summed E-state index contributed by atoms with van der Waals surface area (Å²) in [6, 6.07) is 7.77. The number of hydrogen-bond acceptors (Lipinski definition) is 4. The zero-order valence-electron chi connectivity index (χ0n) is 13.8. The minimum Gasteiger partial charge on any atom is -0.478 e. The lowest BCUT2D eigenvalue weighted by atomic mass is 9.77. The number of nitrogens with one attached hydrogen (secondary N) is 1. The Bertz CT molecular complexity index is 833. The van der Waals surface area contributed by atoms with Crippen LogP contribution in [-0.2, 0) is 11.2 Å². The third-order valence-electron chi connectivity index (χ3n) is 5.19. The summed E-state index contributed by atoms with van der Waals surface area (Å²) in [5.41, 5.74) is 3.06. The number of aliphatic hydroxyl groups is 1. The van der Waals surface area contributed by atoms with Gasteiger partial charge in [0.25, 0.3) is 0 Å². The third kappa shape index (κ3) is 2.70. The number of nitrogens with zero attached hydrogens (tertiary/aromatic N) is 1. The predicted octanol–water partition coefficient (Wildman–Crippen LogP) is 2.29. The SMILES string of the molecule is O=C(O)/C=C/c1ccc(CC2CN=C3NC4=C(CCC=C4)C32O)cc1. The zero-order valence-corrected chi connectivity index (χ0v) is 13.8. The van der Waals surface area contributed by atoms with Gasteiger partial charge in [-0.05, 0) is 48.1 Å². The van der Waals surface area contributed by atoms with Gasteiger partial charge in [-0.3, -0.25) is 4.99 Å². The average Bonchev–Trinajstić information content (AvgIpc) is 3.07. The van der Waals surface area contributed by atoms with Gasteiger partial charge < -0.3 is 15.5 Å². The topological polar surface area (TPSA) is 81.9 Å². The zero-order chi connectivity index (χ0) is 17.4. The van der Waals surface area contributed by atoms with Crippen LogP contribution in [0.4, 0.5) is 0 Å². The van der Waals surface area contributed by atoms with E-state index in [0.717, 1.165) is 47.7 Å². The van der Waals surface area contributed by atoms with E-state index in [1.54, 1.807) is 6.08 Å². The second kappa shape index (κ2) is 6.01. The van der Waals surface area contributed by atoms with Gasteiger partial charge in [-0.15, -0.1) is 0 Å². The van der Waals surface area contributed by atoms with Crippen LogP contribution < -0.4 is 5.32 Å². The number of benzene rings is 1. The molecule has 0 radical (unpaired) electrons. The van der Waals surface area contributed by atoms with E-state index < -0.39 is 11.6 Å². The predicted molar refractivity (Wildman–Crippen MR) is 96.1 cm³/mol. The number of carboxylic acid groups (broad SMARTS) is 1. The Labute approximate surface area is 146 Å². The standard InChI is InChI=1S/C20H20N2O3/c23-18(24)10-9-13-5-7-14(8-6-13)11-15-12-21-19-20(15,25)16-3-1-2-4-17(16)22-19/h2,4-10,15,25H,1,3,11-12H2,(H,21,22)(H,23,24)/b10-9+. The molecule has 0 saturated heterocycles. The number of amidine groups is 1. The summed E-state index contributed by atoms with van der Waals surface area (Å²) < 4.78 is 0. The van der Waals surface area contributed by atoms with E-state index >= 15 is 0 Å². The van der Waals surface area contributed by atoms with Crippen molar-refractivity contribution < 1.29 is 15.0 Å². The fraction of sp³-hybridized carbons (Fsp3) is 0.300. The summed E-state index contributed by atoms with van der Waals surface area (Å²) in [6.07, 6.45) is 9.41. The molecule has 4 rings (SSSR count). The summed E-state index contributed by atoms with van der Waals surface area (Å²) in [6.45, 7) is 0.611. The first kappa shape index (κ1) is 15.8. The fourth-order valence-corrected chi connectivity index (χ4v) is 3.91. The van der Waals surface area contributed by atoms with Gasteiger partial charge in [0.05, 0.1) is 0 Å². The minimum atomic E-state index is -0.970. The summed E-state index contributed by atoms with van der Waals surface area (Å²) in [7, 11) is 0. The van der Waals surface area contributed by atoms with Gasteiger partial charge in [-0.1, -0.05) is 30.3 Å². The molecule has 0 amide bonds. The monoisotopic (exact) mass is 336 g/mol. The van der Waals surface area contributed by atoms with Crippen molar-refractivity contribution in [2.45, 2.75) is 24.9 Å². The molecule has 2 aliphatic heterocycles. The Morgan fingerprint density at radius 3 is 2.92 bits per heavy atom. The Hall–Kier alpha value is -2.66. The molecular formula is C20H20N2O3. The summed E-state index contributed by atoms with van der Waals surface area (Å²) >= 11 is 0. The van der Waals surface area contributed by atoms with Crippen LogP contribution in [0.15, 0.2) is 58.8 Å². The van der Waals surface area contributed by atoms with Crippen molar-refractivity contribution in [3.8, 4) is 0 Å². The minimum absolute atomic E-state index is 0.0226. The van der Waals surface area contributed by atoms with Gasteiger partial charge in [-0.2, -0.15) is 0 Å². The smallest absolute Gasteiger partial charge is 0.328 e. The van der Waals surface area contributed by atoms with E-state index in [9.17, 15) is 9.90 Å². The van der Waals surface area contributed by atoms with Crippen LogP contribution in [-0.4, -0.2) is 34.2 Å². The molecule has 128 valence electrons. The van der Waals surface area contributed by atoms with Gasteiger partial charge >= 0.3 is 5.97 Å². The maximum absolute atomic E-state index is 11.4. The van der Waals surface area contributed by atoms with E-state index in [2.05, 4.69) is 16.4 Å². The van der Waals surface area contributed by atoms with Crippen LogP contribution in [0.5, 0.6) is 0 Å². The fourth-order valence-electron chi connectivity index (χ4n) is 3.91. The summed E-state index contributed by atoms with van der Waals surface area (Å²) in [5.74, 6) is -0.245. The molecule has 2 atom stereocenters. The Balaban J connectivity index is 1.53. The van der Waals surface area contributed by atoms with Crippen molar-refractivity contribution in [2.75, 3.05) is 6.54 Å². The maximum Gasteiger partial charge on any atom is 0.328 e. The molecule has 0 spiro atoms. The Kier molecular flexibility index (Phi) is 3.81. The highest BCUT2D eigenvalue weighted by molar-refractivity contribution is 6.00. The number of aliphatic imine (C=N–C) groups is 1. The van der Waals surface area contributed by atoms with Crippen molar-refractivity contribution in [2.24, 2.45) is 10.9 Å². The van der Waals surface area contributed by atoms with Crippen LogP contribution in [0.1, 0.15) is 24.0 Å². The highest BCUT2D eigenvalue weighted by Gasteiger charge is 2.53. The number of carboxylic acids is 1. The first-order valence-electron chi connectivity index (χ1n) is 8.52. The van der Waals surface area contributed by atoms with E-state index in [-0.39, 0.29) is 5.92 Å². The van der Waals surface area contributed by atoms with Gasteiger partial charge in [0, 0.05) is 24.2 Å². The first-order valence-corrected chi connectivity index (χ1v) is 8.52. The summed E-state index contributed by atoms with van der Waals surface area (Å²) in [4.78, 5) is 15.1. The normalized spacial score (nSPS) is 27.2. The van der Waals surface area contributed by atoms with Crippen molar-refractivity contribution >= 4 is 17.9 Å². The molecule has 1 aromatic rings. The molecule has 3 aliphatic rings. The van der Waals surface area contributed by atoms with Gasteiger partial charge in [0.1, 0.15) is 11.4 Å². The lowest BCUT2D eigenvalue weighted by Crippen LogP contribution is -2.45. The van der Waals surface area contributed by atoms with Crippen LogP contribution >= 0.6 is 0 Å². The molecule has 2 unspecified atom stereocenters. The van der Waals surface area contributed by atoms with Crippen molar-refractivity contribution in [3.05, 3.63) is 64.9 Å². The molecule has 5 heteroatoms. The van der Waals surface area contributed by atoms with Crippen molar-refractivity contribution in [3.63, 3.8) is 0 Å². The quantitative estimate of drug-likeness (QED) is 0.737. The lowest BCUT2D eigenvalue weighted by Gasteiger charge is -2.30. The molecular weight excluding hydrogens is 316 g/mol. The highest BCUT2D eigenvalue weighted by atomic mass is 16.4. The van der Waals surface area contributed by atoms with Crippen LogP contribution in [0.3, 0.4) is 0 Å². The molecule has 1 aromatic carbocycles. The molecule has 0 bridgehead atoms. The van der Waals surface area contributed by atoms with Crippen molar-refractivity contribution in [1.82, 2.24) is 5.32 Å². The summed E-state index contributed by atoms with van der Waals surface area (Å²) in [5, 5.41) is 23.3. The van der Waals surface area contributed by atoms with Crippen molar-refractivity contribution in [1.29, 1.82) is 0 Å². The van der Waals surface area contributed by atoms with Gasteiger partial charge in [0.15, 0.2) is 0 Å². The molecule has 25 heavy (non-hydrogen) atoms. The Morgan fingerprint density at radius 2 is 2.16 bits per heavy atom. The molecule has 3 N–H and O–H groups in total. The Morgan fingerprint density at radius 1 is 1.36 bits per heavy atom. The third-order valence-corrected chi connectivity index (χ3v) is 5.19. The van der Waals surface area contributed by atoms with Gasteiger partial charge in [0.2, 0.25) is 0 Å². The highest BCUT2D eigenvalue weighted by Crippen LogP contribution is 2.43. The molecule has 0 fully saturated rings. The van der Waals surface area contributed by atoms with Gasteiger partial charge in [-0.25, -0.2) is 4.79 Å². The maximum atomic E-state index is 11.4. The number of rotatable bonds is 4. The lowest BCUT2D eigenvalue weighted by molar-refractivity contribution is -0.131. The molecule has 0 saturated carbocycles. The average molecular weight is 336 g/mol. The number of fused-ring (bicyclic) bond motifs is 2. The van der Waals surface area contributed by atoms with E-state index in [0.29, 0.717) is 12.4 Å². The first-order chi connectivity index (χ1) is 12.1. The molecule has 2 heterocycles. The molecule has 0 aromatic heterocycles. The number of allylic oxidation sites excluding steroid dienone is 2.